The van der Waals surface area contributed by atoms with Gasteiger partial charge in [0.05, 0.1) is 12.2 Å². The summed E-state index contributed by atoms with van der Waals surface area (Å²) >= 11 is 0. The molecule has 32 heavy (non-hydrogen) atoms. The maximum Gasteiger partial charge on any atom is 0.251 e. The predicted molar refractivity (Wildman–Crippen MR) is 126 cm³/mol. The van der Waals surface area contributed by atoms with E-state index in [0.29, 0.717) is 37.0 Å². The molecule has 2 unspecified atom stereocenters. The molecule has 4 fully saturated rings. The Kier molecular flexibility index (Phi) is 6.47. The maximum absolute atomic E-state index is 12.0. The van der Waals surface area contributed by atoms with Gasteiger partial charge in [-0.3, -0.25) is 4.79 Å². The van der Waals surface area contributed by atoms with Crippen molar-refractivity contribution < 1.29 is 20.1 Å². The Labute approximate surface area is 192 Å². The highest BCUT2D eigenvalue weighted by atomic mass is 16.3. The monoisotopic (exact) mass is 443 g/mol. The SMILES string of the molecule is C=C1/C(=C\C=C2/CCC[C@]3(C)[C@@H]([C@H](C)CC4CC(C)(O)C(=O)N4)CC[C@@H]23)C[C@@H](O)C[C@@H]1O. The van der Waals surface area contributed by atoms with Crippen LogP contribution in [-0.4, -0.2) is 45.1 Å². The van der Waals surface area contributed by atoms with Crippen molar-refractivity contribution in [3.05, 3.63) is 35.5 Å². The minimum Gasteiger partial charge on any atom is -0.393 e. The lowest BCUT2D eigenvalue weighted by atomic mass is 9.60. The largest absolute Gasteiger partial charge is 0.393 e. The Bertz CT molecular complexity index is 828. The smallest absolute Gasteiger partial charge is 0.251 e. The van der Waals surface area contributed by atoms with E-state index in [-0.39, 0.29) is 17.4 Å². The molecule has 1 saturated heterocycles. The highest BCUT2D eigenvalue weighted by molar-refractivity contribution is 5.87. The number of fused-ring (bicyclic) bond motifs is 1. The number of amides is 1. The van der Waals surface area contributed by atoms with Gasteiger partial charge in [-0.15, -0.1) is 0 Å². The number of hydrogen-bond acceptors (Lipinski definition) is 4. The van der Waals surface area contributed by atoms with E-state index in [1.807, 2.05) is 0 Å². The molecule has 4 rings (SSSR count). The van der Waals surface area contributed by atoms with Gasteiger partial charge in [0, 0.05) is 18.9 Å². The third kappa shape index (κ3) is 4.36. The normalized spacial score (nSPS) is 45.9. The summed E-state index contributed by atoms with van der Waals surface area (Å²) in [6.07, 6.45) is 11.5. The van der Waals surface area contributed by atoms with Gasteiger partial charge in [-0.1, -0.05) is 38.2 Å². The fraction of sp³-hybridized carbons (Fsp3) is 0.741. The van der Waals surface area contributed by atoms with Crippen LogP contribution in [-0.2, 0) is 4.79 Å². The molecule has 8 atom stereocenters. The average Bonchev–Trinajstić information content (AvgIpc) is 3.18. The number of nitrogens with one attached hydrogen (secondary N) is 1. The molecule has 5 nitrogen and oxygen atoms in total. The molecule has 5 heteroatoms. The van der Waals surface area contributed by atoms with Crippen molar-refractivity contribution >= 4 is 5.91 Å². The molecule has 0 aromatic heterocycles. The number of hydrogen-bond donors (Lipinski definition) is 4. The van der Waals surface area contributed by atoms with Crippen LogP contribution in [0.1, 0.15) is 78.6 Å². The molecule has 1 amide bonds. The van der Waals surface area contributed by atoms with Crippen LogP contribution in [0.4, 0.5) is 0 Å². The molecular formula is C27H41NO4. The van der Waals surface area contributed by atoms with Gasteiger partial charge in [0.1, 0.15) is 5.60 Å². The topological polar surface area (TPSA) is 89.8 Å². The Morgan fingerprint density at radius 1 is 1.25 bits per heavy atom. The quantitative estimate of drug-likeness (QED) is 0.532. The summed E-state index contributed by atoms with van der Waals surface area (Å²) in [5.41, 5.74) is 2.25. The van der Waals surface area contributed by atoms with Crippen LogP contribution in [0.2, 0.25) is 0 Å². The summed E-state index contributed by atoms with van der Waals surface area (Å²) < 4.78 is 0. The maximum atomic E-state index is 12.0. The van der Waals surface area contributed by atoms with Gasteiger partial charge in [-0.05, 0) is 86.2 Å². The first kappa shape index (κ1) is 23.7. The summed E-state index contributed by atoms with van der Waals surface area (Å²) in [5.74, 6) is 1.43. The van der Waals surface area contributed by atoms with Crippen molar-refractivity contribution in [2.24, 2.45) is 23.2 Å². The third-order valence-corrected chi connectivity index (χ3v) is 9.11. The zero-order chi connectivity index (χ0) is 23.3. The van der Waals surface area contributed by atoms with Crippen LogP contribution in [0.25, 0.3) is 0 Å². The van der Waals surface area contributed by atoms with Crippen molar-refractivity contribution in [2.45, 2.75) is 102 Å². The summed E-state index contributed by atoms with van der Waals surface area (Å²) in [7, 11) is 0. The lowest BCUT2D eigenvalue weighted by molar-refractivity contribution is -0.133. The molecule has 1 aliphatic heterocycles. The van der Waals surface area contributed by atoms with Gasteiger partial charge in [0.25, 0.3) is 5.91 Å². The first-order valence-corrected chi connectivity index (χ1v) is 12.5. The van der Waals surface area contributed by atoms with Gasteiger partial charge in [0.15, 0.2) is 0 Å². The molecule has 0 aromatic carbocycles. The molecule has 0 radical (unpaired) electrons. The average molecular weight is 444 g/mol. The van der Waals surface area contributed by atoms with Crippen LogP contribution in [0, 0.1) is 23.2 Å². The fourth-order valence-corrected chi connectivity index (χ4v) is 7.40. The van der Waals surface area contributed by atoms with E-state index in [0.717, 1.165) is 24.0 Å². The van der Waals surface area contributed by atoms with E-state index in [9.17, 15) is 20.1 Å². The van der Waals surface area contributed by atoms with Gasteiger partial charge in [-0.25, -0.2) is 0 Å². The molecule has 3 aliphatic carbocycles. The van der Waals surface area contributed by atoms with Gasteiger partial charge in [0.2, 0.25) is 0 Å². The van der Waals surface area contributed by atoms with E-state index in [4.69, 9.17) is 0 Å². The van der Waals surface area contributed by atoms with Gasteiger partial charge in [-0.2, -0.15) is 0 Å². The number of allylic oxidation sites excluding steroid dienone is 3. The molecular weight excluding hydrogens is 402 g/mol. The first-order chi connectivity index (χ1) is 15.0. The molecule has 4 aliphatic rings. The second-order valence-corrected chi connectivity index (χ2v) is 11.5. The lowest BCUT2D eigenvalue weighted by Crippen LogP contribution is -2.38. The fourth-order valence-electron chi connectivity index (χ4n) is 7.40. The van der Waals surface area contributed by atoms with Crippen LogP contribution in [0.3, 0.4) is 0 Å². The standard InChI is InChI=1S/C27H41NO4/c1-16(12-20-15-27(4,32)25(31)28-20)22-9-10-23-18(6-5-11-26(22,23)3)7-8-19-13-21(29)14-24(30)17(19)2/h7-8,16,20-24,29-30,32H,2,5-6,9-15H2,1,3-4H3,(H,28,31)/b18-7+,19-8-/t16-,20?,21-,22-,23+,24+,26-,27?/m1/s1. The molecule has 178 valence electrons. The number of aliphatic hydroxyl groups excluding tert-OH is 2. The lowest BCUT2D eigenvalue weighted by Gasteiger charge is -2.44. The van der Waals surface area contributed by atoms with Crippen molar-refractivity contribution in [3.63, 3.8) is 0 Å². The Hall–Kier alpha value is -1.43. The number of aliphatic hydroxyl groups is 3. The van der Waals surface area contributed by atoms with Crippen molar-refractivity contribution in [2.75, 3.05) is 0 Å². The molecule has 4 N–H and O–H groups in total. The Morgan fingerprint density at radius 2 is 2.00 bits per heavy atom. The highest BCUT2D eigenvalue weighted by Crippen LogP contribution is 2.60. The molecule has 3 saturated carbocycles. The first-order valence-electron chi connectivity index (χ1n) is 12.5. The molecule has 0 spiro atoms. The van der Waals surface area contributed by atoms with Crippen LogP contribution in [0.5, 0.6) is 0 Å². The summed E-state index contributed by atoms with van der Waals surface area (Å²) in [6.45, 7) is 10.5. The second kappa shape index (κ2) is 8.73. The summed E-state index contributed by atoms with van der Waals surface area (Å²) in [4.78, 5) is 12.0. The van der Waals surface area contributed by atoms with Gasteiger partial charge < -0.3 is 20.6 Å². The number of carbonyl (C=O) groups excluding carboxylic acids is 1. The molecule has 0 aromatic rings. The number of rotatable bonds is 4. The third-order valence-electron chi connectivity index (χ3n) is 9.11. The van der Waals surface area contributed by atoms with E-state index < -0.39 is 17.8 Å². The number of carbonyl (C=O) groups is 1. The summed E-state index contributed by atoms with van der Waals surface area (Å²) in [6, 6.07) is 0.0636. The van der Waals surface area contributed by atoms with Crippen LogP contribution >= 0.6 is 0 Å². The Balaban J connectivity index is 1.47. The molecule has 0 bridgehead atoms. The van der Waals surface area contributed by atoms with Crippen LogP contribution < -0.4 is 5.32 Å². The predicted octanol–water partition coefficient (Wildman–Crippen LogP) is 3.79. The van der Waals surface area contributed by atoms with E-state index in [1.54, 1.807) is 6.92 Å². The zero-order valence-corrected chi connectivity index (χ0v) is 19.9. The molecule has 1 heterocycles. The van der Waals surface area contributed by atoms with Crippen molar-refractivity contribution in [1.82, 2.24) is 5.32 Å². The van der Waals surface area contributed by atoms with Crippen molar-refractivity contribution in [3.8, 4) is 0 Å². The van der Waals surface area contributed by atoms with Gasteiger partial charge >= 0.3 is 0 Å². The van der Waals surface area contributed by atoms with E-state index in [2.05, 4.69) is 37.9 Å². The minimum atomic E-state index is -1.23. The highest BCUT2D eigenvalue weighted by Gasteiger charge is 2.51. The second-order valence-electron chi connectivity index (χ2n) is 11.5. The zero-order valence-electron chi connectivity index (χ0n) is 19.9. The summed E-state index contributed by atoms with van der Waals surface area (Å²) in [5, 5.41) is 33.4. The van der Waals surface area contributed by atoms with E-state index in [1.165, 1.54) is 31.3 Å². The minimum absolute atomic E-state index is 0.0636. The van der Waals surface area contributed by atoms with Crippen LogP contribution in [0.15, 0.2) is 35.5 Å². The van der Waals surface area contributed by atoms with E-state index >= 15 is 0 Å². The Morgan fingerprint density at radius 3 is 2.69 bits per heavy atom. The van der Waals surface area contributed by atoms with Crippen molar-refractivity contribution in [1.29, 1.82) is 0 Å².